The Labute approximate surface area is 297 Å². The largest absolute Gasteiger partial charge is 0.481 e. The number of aliphatic carboxylic acids is 2. The fraction of sp³-hybridized carbons (Fsp3) is 0.256. The maximum atomic E-state index is 13.7. The minimum Gasteiger partial charge on any atom is -0.481 e. The van der Waals surface area contributed by atoms with Crippen LogP contribution in [0.5, 0.6) is 0 Å². The van der Waals surface area contributed by atoms with Gasteiger partial charge in [0, 0.05) is 19.7 Å². The molecule has 0 aromatic heterocycles. The van der Waals surface area contributed by atoms with Crippen molar-refractivity contribution in [3.8, 4) is 11.1 Å². The number of hydrogen-bond donors (Lipinski definition) is 3. The van der Waals surface area contributed by atoms with Crippen molar-refractivity contribution in [1.82, 2.24) is 4.90 Å². The van der Waals surface area contributed by atoms with Crippen molar-refractivity contribution in [2.45, 2.75) is 43.7 Å². The van der Waals surface area contributed by atoms with Crippen molar-refractivity contribution >= 4 is 35.4 Å². The van der Waals surface area contributed by atoms with E-state index in [1.54, 1.807) is 55.5 Å². The molecule has 10 nitrogen and oxygen atoms in total. The van der Waals surface area contributed by atoms with Gasteiger partial charge >= 0.3 is 24.1 Å². The van der Waals surface area contributed by atoms with Crippen molar-refractivity contribution < 1.29 is 52.1 Å². The van der Waals surface area contributed by atoms with E-state index in [1.165, 1.54) is 55.4 Å². The van der Waals surface area contributed by atoms with Gasteiger partial charge in [0.05, 0.1) is 35.8 Å². The zero-order valence-corrected chi connectivity index (χ0v) is 28.6. The van der Waals surface area contributed by atoms with Crippen molar-refractivity contribution in [2.24, 2.45) is 0 Å². The number of carboxylic acids is 2. The summed E-state index contributed by atoms with van der Waals surface area (Å²) in [5, 5.41) is 22.9. The number of carboxylic acid groups (broad SMARTS) is 2. The first-order chi connectivity index (χ1) is 24.6. The van der Waals surface area contributed by atoms with Crippen LogP contribution in [0.15, 0.2) is 97.1 Å². The number of rotatable bonds is 14. The Morgan fingerprint density at radius 3 is 2.02 bits per heavy atom. The summed E-state index contributed by atoms with van der Waals surface area (Å²) < 4.78 is 44.8. The maximum absolute atomic E-state index is 13.7. The molecule has 4 aromatic rings. The molecule has 4 aromatic carbocycles. The summed E-state index contributed by atoms with van der Waals surface area (Å²) in [5.41, 5.74) is -1.30. The van der Waals surface area contributed by atoms with Crippen LogP contribution in [0.2, 0.25) is 0 Å². The lowest BCUT2D eigenvalue weighted by Gasteiger charge is -2.31. The van der Waals surface area contributed by atoms with Crippen LogP contribution < -0.4 is 5.32 Å². The van der Waals surface area contributed by atoms with Gasteiger partial charge in [-0.25, -0.2) is 0 Å². The minimum atomic E-state index is -4.54. The fourth-order valence-electron chi connectivity index (χ4n) is 6.00. The van der Waals surface area contributed by atoms with Crippen LogP contribution in [0.1, 0.15) is 69.5 Å². The molecule has 0 heterocycles. The lowest BCUT2D eigenvalue weighted by atomic mass is 9.72. The van der Waals surface area contributed by atoms with E-state index in [-0.39, 0.29) is 41.8 Å². The summed E-state index contributed by atoms with van der Waals surface area (Å²) in [6.45, 7) is 1.54. The van der Waals surface area contributed by atoms with Crippen molar-refractivity contribution in [3.63, 3.8) is 0 Å². The van der Waals surface area contributed by atoms with Gasteiger partial charge in [-0.3, -0.25) is 24.0 Å². The smallest absolute Gasteiger partial charge is 0.416 e. The van der Waals surface area contributed by atoms with E-state index >= 15 is 0 Å². The van der Waals surface area contributed by atoms with Crippen LogP contribution in [0.3, 0.4) is 0 Å². The number of ether oxygens (including phenoxy) is 1. The second-order valence-electron chi connectivity index (χ2n) is 12.2. The summed E-state index contributed by atoms with van der Waals surface area (Å²) in [6.07, 6.45) is -5.65. The van der Waals surface area contributed by atoms with Gasteiger partial charge in [-0.2, -0.15) is 13.2 Å². The summed E-state index contributed by atoms with van der Waals surface area (Å²) >= 11 is 0. The third-order valence-electron chi connectivity index (χ3n) is 8.63. The van der Waals surface area contributed by atoms with Gasteiger partial charge < -0.3 is 25.2 Å². The lowest BCUT2D eigenvalue weighted by molar-refractivity contribution is -0.156. The van der Waals surface area contributed by atoms with Crippen molar-refractivity contribution in [1.29, 1.82) is 0 Å². The van der Waals surface area contributed by atoms with E-state index in [0.717, 1.165) is 12.1 Å². The molecular weight excluding hydrogens is 681 g/mol. The Hall–Kier alpha value is -5.98. The highest BCUT2D eigenvalue weighted by atomic mass is 19.4. The molecule has 0 spiro atoms. The number of halogens is 3. The zero-order chi connectivity index (χ0) is 38.2. The molecule has 2 unspecified atom stereocenters. The monoisotopic (exact) mass is 718 g/mol. The first-order valence-corrected chi connectivity index (χ1v) is 16.2. The van der Waals surface area contributed by atoms with E-state index in [1.807, 2.05) is 0 Å². The molecule has 2 atom stereocenters. The first kappa shape index (κ1) is 38.8. The number of nitrogens with one attached hydrogen (secondary N) is 1. The summed E-state index contributed by atoms with van der Waals surface area (Å²) in [5.74, 6) is -5.97. The summed E-state index contributed by atoms with van der Waals surface area (Å²) in [4.78, 5) is 66.5. The van der Waals surface area contributed by atoms with Gasteiger partial charge in [-0.15, -0.1) is 0 Å². The predicted molar refractivity (Wildman–Crippen MR) is 186 cm³/mol. The van der Waals surface area contributed by atoms with Gasteiger partial charge in [0.15, 0.2) is 0 Å². The molecule has 0 radical (unpaired) electrons. The van der Waals surface area contributed by atoms with E-state index in [0.29, 0.717) is 16.7 Å². The molecule has 0 fully saturated rings. The number of amides is 2. The van der Waals surface area contributed by atoms with Gasteiger partial charge in [0.25, 0.3) is 11.8 Å². The third kappa shape index (κ3) is 8.84. The van der Waals surface area contributed by atoms with Gasteiger partial charge in [-0.05, 0) is 72.4 Å². The molecule has 0 saturated heterocycles. The second-order valence-corrected chi connectivity index (χ2v) is 12.2. The first-order valence-electron chi connectivity index (χ1n) is 16.2. The second kappa shape index (κ2) is 16.4. The Bertz CT molecular complexity index is 1950. The molecule has 0 aliphatic carbocycles. The fourth-order valence-corrected chi connectivity index (χ4v) is 6.00. The van der Waals surface area contributed by atoms with E-state index in [9.17, 15) is 47.4 Å². The highest BCUT2D eigenvalue weighted by Gasteiger charge is 2.44. The van der Waals surface area contributed by atoms with E-state index in [2.05, 4.69) is 5.32 Å². The highest BCUT2D eigenvalue weighted by Crippen LogP contribution is 2.39. The maximum Gasteiger partial charge on any atom is 0.416 e. The van der Waals surface area contributed by atoms with Crippen molar-refractivity contribution in [2.75, 3.05) is 26.0 Å². The Morgan fingerprint density at radius 1 is 0.808 bits per heavy atom. The van der Waals surface area contributed by atoms with Crippen LogP contribution >= 0.6 is 0 Å². The quantitative estimate of drug-likeness (QED) is 0.115. The van der Waals surface area contributed by atoms with Crippen LogP contribution in [0, 0.1) is 0 Å². The minimum absolute atomic E-state index is 0.0343. The number of carbonyl (C=O) groups is 5. The lowest BCUT2D eigenvalue weighted by Crippen LogP contribution is -2.40. The number of alkyl halides is 3. The van der Waals surface area contributed by atoms with E-state index < -0.39 is 59.2 Å². The molecule has 13 heteroatoms. The molecule has 0 aliphatic heterocycles. The molecule has 52 heavy (non-hydrogen) atoms. The molecule has 0 bridgehead atoms. The van der Waals surface area contributed by atoms with Gasteiger partial charge in [0.2, 0.25) is 0 Å². The Kier molecular flexibility index (Phi) is 12.2. The predicted octanol–water partition coefficient (Wildman–Crippen LogP) is 7.25. The van der Waals surface area contributed by atoms with Crippen LogP contribution in [0.4, 0.5) is 18.9 Å². The standard InChI is InChI=1S/C39H37F3N2O8/c1-4-52-37(51)38(23-33(45)46,26-10-6-5-7-11-26)21-20-29(36(49)50)25-16-19-32(31(22-25)35(48)44(2)3)43-34(47)30-13-9-8-12-28(30)24-14-17-27(18-15-24)39(40,41)42/h5-19,22,29H,4,20-21,23H2,1-3H3,(H,43,47)(H,45,46)(H,49,50). The van der Waals surface area contributed by atoms with Crippen LogP contribution in [0.25, 0.3) is 11.1 Å². The molecule has 0 aliphatic rings. The van der Waals surface area contributed by atoms with Crippen LogP contribution in [-0.4, -0.2) is 65.5 Å². The highest BCUT2D eigenvalue weighted by molar-refractivity contribution is 6.12. The van der Waals surface area contributed by atoms with Crippen molar-refractivity contribution in [3.05, 3.63) is 125 Å². The normalized spacial score (nSPS) is 13.0. The van der Waals surface area contributed by atoms with Gasteiger partial charge in [-0.1, -0.05) is 66.7 Å². The molecule has 272 valence electrons. The molecule has 0 saturated carbocycles. The SMILES string of the molecule is CCOC(=O)C(CCC(C(=O)O)c1ccc(NC(=O)c2ccccc2-c2ccc(C(F)(F)F)cc2)c(C(=O)N(C)C)c1)(CC(=O)O)c1ccccc1. The third-order valence-corrected chi connectivity index (χ3v) is 8.63. The number of esters is 1. The summed E-state index contributed by atoms with van der Waals surface area (Å²) in [7, 11) is 2.93. The topological polar surface area (TPSA) is 150 Å². The number of nitrogens with zero attached hydrogens (tertiary/aromatic N) is 1. The number of benzene rings is 4. The Balaban J connectivity index is 1.71. The van der Waals surface area contributed by atoms with E-state index in [4.69, 9.17) is 4.74 Å². The average Bonchev–Trinajstić information content (AvgIpc) is 3.11. The van der Waals surface area contributed by atoms with Gasteiger partial charge in [0.1, 0.15) is 5.41 Å². The average molecular weight is 719 g/mol. The molecule has 4 rings (SSSR count). The molecule has 3 N–H and O–H groups in total. The zero-order valence-electron chi connectivity index (χ0n) is 28.6. The summed E-state index contributed by atoms with van der Waals surface area (Å²) in [6, 6.07) is 22.8. The molecular formula is C39H37F3N2O8. The Morgan fingerprint density at radius 2 is 1.44 bits per heavy atom. The number of anilines is 1. The molecule has 2 amide bonds. The van der Waals surface area contributed by atoms with Crippen LogP contribution in [-0.2, 0) is 30.7 Å². The number of hydrogen-bond acceptors (Lipinski definition) is 6. The number of carbonyl (C=O) groups excluding carboxylic acids is 3.